The van der Waals surface area contributed by atoms with E-state index in [4.69, 9.17) is 23.2 Å². The molecule has 1 unspecified atom stereocenters. The molecule has 2 rings (SSSR count). The summed E-state index contributed by atoms with van der Waals surface area (Å²) in [5.41, 5.74) is 1.51. The standard InChI is InChI=1S/C12H14Cl2N2O2S/c1-7-8(9(13)16-11(14)15-7)3-5-12(10(17)18)4-2-6-19-12/h2-6H2,1H3,(H,17,18). The highest BCUT2D eigenvalue weighted by Gasteiger charge is 2.41. The van der Waals surface area contributed by atoms with Gasteiger partial charge in [-0.25, -0.2) is 9.97 Å². The third kappa shape index (κ3) is 3.15. The Labute approximate surface area is 125 Å². The summed E-state index contributed by atoms with van der Waals surface area (Å²) in [4.78, 5) is 19.4. The molecule has 4 nitrogen and oxygen atoms in total. The summed E-state index contributed by atoms with van der Waals surface area (Å²) in [6.07, 6.45) is 2.75. The first-order valence-corrected chi connectivity index (χ1v) is 7.75. The molecule has 1 saturated heterocycles. The molecule has 0 bridgehead atoms. The summed E-state index contributed by atoms with van der Waals surface area (Å²) in [5.74, 6) is 0.162. The van der Waals surface area contributed by atoms with E-state index in [0.717, 1.165) is 17.7 Å². The van der Waals surface area contributed by atoms with Crippen LogP contribution in [0.25, 0.3) is 0 Å². The Bertz CT molecular complexity index is 481. The summed E-state index contributed by atoms with van der Waals surface area (Å²) in [6, 6.07) is 0. The van der Waals surface area contributed by atoms with Crippen molar-refractivity contribution in [1.82, 2.24) is 9.97 Å². The number of aryl methyl sites for hydroxylation is 1. The molecule has 104 valence electrons. The Balaban J connectivity index is 2.16. The molecule has 19 heavy (non-hydrogen) atoms. The second kappa shape index (κ2) is 5.85. The molecule has 1 atom stereocenters. The minimum atomic E-state index is -0.737. The van der Waals surface area contributed by atoms with E-state index in [1.807, 2.05) is 6.92 Å². The smallest absolute Gasteiger partial charge is 0.319 e. The fourth-order valence-electron chi connectivity index (χ4n) is 2.31. The van der Waals surface area contributed by atoms with Crippen LogP contribution in [0.4, 0.5) is 0 Å². The maximum absolute atomic E-state index is 11.5. The van der Waals surface area contributed by atoms with Gasteiger partial charge in [0, 0.05) is 11.3 Å². The lowest BCUT2D eigenvalue weighted by molar-refractivity contribution is -0.140. The predicted molar refractivity (Wildman–Crippen MR) is 77.2 cm³/mol. The summed E-state index contributed by atoms with van der Waals surface area (Å²) in [6.45, 7) is 1.81. The van der Waals surface area contributed by atoms with Gasteiger partial charge in [-0.2, -0.15) is 0 Å². The van der Waals surface area contributed by atoms with Gasteiger partial charge in [0.15, 0.2) is 0 Å². The first-order chi connectivity index (χ1) is 8.94. The highest BCUT2D eigenvalue weighted by molar-refractivity contribution is 8.01. The average Bonchev–Trinajstić information content (AvgIpc) is 2.77. The molecule has 0 amide bonds. The van der Waals surface area contributed by atoms with E-state index >= 15 is 0 Å². The molecule has 0 radical (unpaired) electrons. The minimum absolute atomic E-state index is 0.120. The fraction of sp³-hybridized carbons (Fsp3) is 0.583. The second-order valence-electron chi connectivity index (χ2n) is 4.60. The van der Waals surface area contributed by atoms with Crippen LogP contribution in [0.5, 0.6) is 0 Å². The van der Waals surface area contributed by atoms with E-state index in [0.29, 0.717) is 30.1 Å². The van der Waals surface area contributed by atoms with Gasteiger partial charge in [0.25, 0.3) is 0 Å². The SMILES string of the molecule is Cc1nc(Cl)nc(Cl)c1CCC1(C(=O)O)CCCS1. The number of thioether (sulfide) groups is 1. The number of rotatable bonds is 4. The Kier molecular flexibility index (Phi) is 4.58. The minimum Gasteiger partial charge on any atom is -0.480 e. The van der Waals surface area contributed by atoms with Crippen LogP contribution in [0.2, 0.25) is 10.4 Å². The Morgan fingerprint density at radius 1 is 1.47 bits per heavy atom. The maximum atomic E-state index is 11.5. The van der Waals surface area contributed by atoms with E-state index in [9.17, 15) is 9.90 Å². The molecule has 1 fully saturated rings. The number of carbonyl (C=O) groups is 1. The van der Waals surface area contributed by atoms with E-state index in [2.05, 4.69) is 9.97 Å². The summed E-state index contributed by atoms with van der Waals surface area (Å²) in [5, 5.41) is 9.86. The number of halogens is 2. The van der Waals surface area contributed by atoms with Crippen LogP contribution in [-0.2, 0) is 11.2 Å². The molecule has 1 N–H and O–H groups in total. The van der Waals surface area contributed by atoms with Gasteiger partial charge in [0.1, 0.15) is 9.90 Å². The Hall–Kier alpha value is -0.520. The maximum Gasteiger partial charge on any atom is 0.319 e. The van der Waals surface area contributed by atoms with Crippen molar-refractivity contribution < 1.29 is 9.90 Å². The van der Waals surface area contributed by atoms with Crippen LogP contribution in [0.3, 0.4) is 0 Å². The molecule has 1 aromatic heterocycles. The number of hydrogen-bond acceptors (Lipinski definition) is 4. The Morgan fingerprint density at radius 3 is 2.74 bits per heavy atom. The number of nitrogens with zero attached hydrogens (tertiary/aromatic N) is 2. The first-order valence-electron chi connectivity index (χ1n) is 6.00. The van der Waals surface area contributed by atoms with Crippen molar-refractivity contribution in [2.75, 3.05) is 5.75 Å². The van der Waals surface area contributed by atoms with Crippen LogP contribution in [0.1, 0.15) is 30.5 Å². The quantitative estimate of drug-likeness (QED) is 0.680. The van der Waals surface area contributed by atoms with Gasteiger partial charge < -0.3 is 5.11 Å². The number of aromatic nitrogens is 2. The van der Waals surface area contributed by atoms with Gasteiger partial charge in [0.2, 0.25) is 5.28 Å². The third-order valence-corrected chi connectivity index (χ3v) is 5.52. The molecule has 0 aromatic carbocycles. The van der Waals surface area contributed by atoms with E-state index in [-0.39, 0.29) is 5.28 Å². The van der Waals surface area contributed by atoms with Crippen LogP contribution in [0.15, 0.2) is 0 Å². The number of carboxylic acids is 1. The van der Waals surface area contributed by atoms with Crippen molar-refractivity contribution in [3.05, 3.63) is 21.7 Å². The third-order valence-electron chi connectivity index (χ3n) is 3.41. The predicted octanol–water partition coefficient (Wildman–Crippen LogP) is 3.37. The fourth-order valence-corrected chi connectivity index (χ4v) is 4.21. The van der Waals surface area contributed by atoms with Crippen LogP contribution < -0.4 is 0 Å². The number of carboxylic acid groups (broad SMARTS) is 1. The second-order valence-corrected chi connectivity index (χ2v) is 6.77. The first kappa shape index (κ1) is 14.9. The number of aliphatic carboxylic acids is 1. The van der Waals surface area contributed by atoms with Crippen LogP contribution in [-0.4, -0.2) is 31.5 Å². The molecule has 7 heteroatoms. The van der Waals surface area contributed by atoms with Gasteiger partial charge in [-0.05, 0) is 50.0 Å². The molecule has 0 aliphatic carbocycles. The largest absolute Gasteiger partial charge is 0.480 e. The number of hydrogen-bond donors (Lipinski definition) is 1. The molecular weight excluding hydrogens is 307 g/mol. The molecular formula is C12H14Cl2N2O2S. The molecule has 0 saturated carbocycles. The van der Waals surface area contributed by atoms with Gasteiger partial charge in [-0.3, -0.25) is 4.79 Å². The van der Waals surface area contributed by atoms with E-state index in [1.165, 1.54) is 11.8 Å². The lowest BCUT2D eigenvalue weighted by atomic mass is 9.95. The molecule has 1 aliphatic heterocycles. The molecule has 1 aromatic rings. The van der Waals surface area contributed by atoms with E-state index in [1.54, 1.807) is 0 Å². The highest BCUT2D eigenvalue weighted by atomic mass is 35.5. The zero-order valence-corrected chi connectivity index (χ0v) is 12.8. The van der Waals surface area contributed by atoms with Gasteiger partial charge >= 0.3 is 5.97 Å². The van der Waals surface area contributed by atoms with Crippen molar-refractivity contribution in [2.45, 2.75) is 37.4 Å². The zero-order valence-electron chi connectivity index (χ0n) is 10.4. The Morgan fingerprint density at radius 2 is 2.21 bits per heavy atom. The molecule has 2 heterocycles. The van der Waals surface area contributed by atoms with Crippen molar-refractivity contribution in [2.24, 2.45) is 0 Å². The monoisotopic (exact) mass is 320 g/mol. The summed E-state index contributed by atoms with van der Waals surface area (Å²) >= 11 is 13.3. The van der Waals surface area contributed by atoms with Crippen LogP contribution >= 0.6 is 35.0 Å². The summed E-state index contributed by atoms with van der Waals surface area (Å²) < 4.78 is -0.685. The highest BCUT2D eigenvalue weighted by Crippen LogP contribution is 2.42. The lowest BCUT2D eigenvalue weighted by Gasteiger charge is -2.23. The normalized spacial score (nSPS) is 22.7. The van der Waals surface area contributed by atoms with Gasteiger partial charge in [-0.1, -0.05) is 11.6 Å². The topological polar surface area (TPSA) is 63.1 Å². The van der Waals surface area contributed by atoms with Crippen molar-refractivity contribution in [1.29, 1.82) is 0 Å². The lowest BCUT2D eigenvalue weighted by Crippen LogP contribution is -2.33. The summed E-state index contributed by atoms with van der Waals surface area (Å²) in [7, 11) is 0. The van der Waals surface area contributed by atoms with Gasteiger partial charge in [0.05, 0.1) is 0 Å². The molecule has 1 aliphatic rings. The van der Waals surface area contributed by atoms with Crippen molar-refractivity contribution >= 4 is 40.9 Å². The van der Waals surface area contributed by atoms with Crippen molar-refractivity contribution in [3.63, 3.8) is 0 Å². The zero-order chi connectivity index (χ0) is 14.0. The molecule has 0 spiro atoms. The average molecular weight is 321 g/mol. The van der Waals surface area contributed by atoms with E-state index < -0.39 is 10.7 Å². The van der Waals surface area contributed by atoms with Crippen LogP contribution in [0, 0.1) is 6.92 Å². The van der Waals surface area contributed by atoms with Crippen molar-refractivity contribution in [3.8, 4) is 0 Å². The van der Waals surface area contributed by atoms with Gasteiger partial charge in [-0.15, -0.1) is 11.8 Å².